The van der Waals surface area contributed by atoms with E-state index in [1.807, 2.05) is 37.3 Å². The summed E-state index contributed by atoms with van der Waals surface area (Å²) in [5.41, 5.74) is 2.26. The molecule has 0 radical (unpaired) electrons. The van der Waals surface area contributed by atoms with E-state index >= 15 is 0 Å². The highest BCUT2D eigenvalue weighted by Gasteiger charge is 2.27. The van der Waals surface area contributed by atoms with Gasteiger partial charge in [-0.2, -0.15) is 0 Å². The van der Waals surface area contributed by atoms with E-state index in [1.165, 1.54) is 5.56 Å². The van der Waals surface area contributed by atoms with E-state index in [9.17, 15) is 4.79 Å². The molecule has 0 spiro atoms. The molecule has 2 N–H and O–H groups in total. The molecule has 0 bridgehead atoms. The molecule has 2 aromatic rings. The zero-order chi connectivity index (χ0) is 13.9. The number of amides is 1. The highest BCUT2D eigenvalue weighted by molar-refractivity contribution is 5.87. The van der Waals surface area contributed by atoms with Crippen LogP contribution in [0.4, 0.5) is 5.69 Å². The Kier molecular flexibility index (Phi) is 3.46. The van der Waals surface area contributed by atoms with Gasteiger partial charge < -0.3 is 15.1 Å². The van der Waals surface area contributed by atoms with Crippen molar-refractivity contribution in [2.75, 3.05) is 5.32 Å². The number of anilines is 1. The van der Waals surface area contributed by atoms with Gasteiger partial charge in [0.1, 0.15) is 11.8 Å². The lowest BCUT2D eigenvalue weighted by atomic mass is 10.1. The zero-order valence-corrected chi connectivity index (χ0v) is 11.4. The number of nitrogens with one attached hydrogen (secondary N) is 2. The van der Waals surface area contributed by atoms with Gasteiger partial charge in [0.2, 0.25) is 5.91 Å². The molecule has 4 nitrogen and oxygen atoms in total. The van der Waals surface area contributed by atoms with Crippen molar-refractivity contribution in [3.63, 3.8) is 0 Å². The summed E-state index contributed by atoms with van der Waals surface area (Å²) in [5, 5.41) is 6.30. The van der Waals surface area contributed by atoms with Crippen LogP contribution in [0, 0.1) is 0 Å². The van der Waals surface area contributed by atoms with Crippen molar-refractivity contribution in [1.82, 2.24) is 5.32 Å². The number of carbonyl (C=O) groups is 1. The third-order valence-electron chi connectivity index (χ3n) is 3.56. The molecule has 3 rings (SSSR count). The lowest BCUT2D eigenvalue weighted by Crippen LogP contribution is -2.43. The first-order valence-electron chi connectivity index (χ1n) is 6.89. The van der Waals surface area contributed by atoms with E-state index in [-0.39, 0.29) is 18.0 Å². The molecule has 1 aromatic heterocycles. The summed E-state index contributed by atoms with van der Waals surface area (Å²) in [7, 11) is 0. The summed E-state index contributed by atoms with van der Waals surface area (Å²) in [5.74, 6) is 0.931. The fourth-order valence-corrected chi connectivity index (χ4v) is 2.58. The van der Waals surface area contributed by atoms with Crippen molar-refractivity contribution >= 4 is 11.6 Å². The number of furan rings is 1. The van der Waals surface area contributed by atoms with Gasteiger partial charge in [0.05, 0.1) is 6.26 Å². The van der Waals surface area contributed by atoms with Gasteiger partial charge in [-0.15, -0.1) is 0 Å². The Balaban J connectivity index is 1.56. The quantitative estimate of drug-likeness (QED) is 0.896. The first-order valence-corrected chi connectivity index (χ1v) is 6.89. The Morgan fingerprint density at radius 1 is 1.40 bits per heavy atom. The van der Waals surface area contributed by atoms with Crippen LogP contribution in [-0.4, -0.2) is 18.0 Å². The predicted octanol–water partition coefficient (Wildman–Crippen LogP) is 2.36. The summed E-state index contributed by atoms with van der Waals surface area (Å²) in [6.07, 6.45) is 3.10. The highest BCUT2D eigenvalue weighted by atomic mass is 16.3. The number of hydrogen-bond donors (Lipinski definition) is 2. The number of carbonyl (C=O) groups excluding carboxylic acids is 1. The van der Waals surface area contributed by atoms with Crippen LogP contribution in [0.5, 0.6) is 0 Å². The van der Waals surface area contributed by atoms with Crippen molar-refractivity contribution in [3.05, 3.63) is 54.0 Å². The molecular formula is C16H18N2O2. The fraction of sp³-hybridized carbons (Fsp3) is 0.312. The minimum Gasteiger partial charge on any atom is -0.469 e. The molecule has 0 fully saturated rings. The van der Waals surface area contributed by atoms with Gasteiger partial charge in [-0.3, -0.25) is 4.79 Å². The summed E-state index contributed by atoms with van der Waals surface area (Å²) in [6, 6.07) is 11.7. The van der Waals surface area contributed by atoms with Gasteiger partial charge in [-0.25, -0.2) is 0 Å². The van der Waals surface area contributed by atoms with Gasteiger partial charge in [-0.05, 0) is 30.7 Å². The molecule has 0 saturated heterocycles. The van der Waals surface area contributed by atoms with Crippen LogP contribution in [0.25, 0.3) is 0 Å². The minimum absolute atomic E-state index is 0.0419. The van der Waals surface area contributed by atoms with Crippen molar-refractivity contribution in [2.24, 2.45) is 0 Å². The summed E-state index contributed by atoms with van der Waals surface area (Å²) < 4.78 is 5.29. The van der Waals surface area contributed by atoms with E-state index < -0.39 is 0 Å². The number of benzene rings is 1. The van der Waals surface area contributed by atoms with Gasteiger partial charge in [0.25, 0.3) is 0 Å². The fourth-order valence-electron chi connectivity index (χ4n) is 2.58. The lowest BCUT2D eigenvalue weighted by molar-refractivity contribution is -0.122. The molecule has 2 heterocycles. The van der Waals surface area contributed by atoms with Gasteiger partial charge in [0, 0.05) is 24.6 Å². The van der Waals surface area contributed by atoms with Gasteiger partial charge in [0.15, 0.2) is 0 Å². The maximum absolute atomic E-state index is 12.2. The molecule has 1 amide bonds. The van der Waals surface area contributed by atoms with Crippen LogP contribution in [0.15, 0.2) is 47.1 Å². The van der Waals surface area contributed by atoms with Crippen LogP contribution in [0.3, 0.4) is 0 Å². The van der Waals surface area contributed by atoms with E-state index in [0.717, 1.165) is 17.9 Å². The Morgan fingerprint density at radius 3 is 3.00 bits per heavy atom. The Bertz CT molecular complexity index is 567. The molecule has 1 aliphatic rings. The smallest absolute Gasteiger partial charge is 0.243 e. The van der Waals surface area contributed by atoms with E-state index in [1.54, 1.807) is 6.26 Å². The number of hydrogen-bond acceptors (Lipinski definition) is 3. The summed E-state index contributed by atoms with van der Waals surface area (Å²) in [6.45, 7) is 1.99. The van der Waals surface area contributed by atoms with E-state index in [0.29, 0.717) is 6.42 Å². The molecule has 0 saturated carbocycles. The third kappa shape index (κ3) is 2.69. The van der Waals surface area contributed by atoms with E-state index in [2.05, 4.69) is 16.7 Å². The maximum atomic E-state index is 12.2. The monoisotopic (exact) mass is 270 g/mol. The molecule has 1 aliphatic heterocycles. The Hall–Kier alpha value is -2.23. The average Bonchev–Trinajstić information content (AvgIpc) is 3.06. The molecule has 1 unspecified atom stereocenters. The van der Waals surface area contributed by atoms with Crippen LogP contribution < -0.4 is 10.6 Å². The molecular weight excluding hydrogens is 252 g/mol. The molecule has 4 heteroatoms. The summed E-state index contributed by atoms with van der Waals surface area (Å²) in [4.78, 5) is 12.2. The first kappa shape index (κ1) is 12.8. The predicted molar refractivity (Wildman–Crippen MR) is 77.6 cm³/mol. The molecule has 1 aromatic carbocycles. The average molecular weight is 270 g/mol. The second-order valence-corrected chi connectivity index (χ2v) is 5.25. The Labute approximate surface area is 118 Å². The van der Waals surface area contributed by atoms with Crippen LogP contribution >= 0.6 is 0 Å². The van der Waals surface area contributed by atoms with Crippen molar-refractivity contribution < 1.29 is 9.21 Å². The molecule has 0 aliphatic carbocycles. The molecule has 2 atom stereocenters. The van der Waals surface area contributed by atoms with Crippen LogP contribution in [-0.2, 0) is 17.6 Å². The topological polar surface area (TPSA) is 54.3 Å². The largest absolute Gasteiger partial charge is 0.469 e. The van der Waals surface area contributed by atoms with Crippen molar-refractivity contribution in [3.8, 4) is 0 Å². The van der Waals surface area contributed by atoms with E-state index in [4.69, 9.17) is 4.42 Å². The standard InChI is InChI=1S/C16H18N2O2/c1-11(9-13-6-4-8-20-13)17-16(19)15-10-12-5-2-3-7-14(12)18-15/h2-8,11,15,18H,9-10H2,1H3,(H,17,19)/t11?,15-/m0/s1. The van der Waals surface area contributed by atoms with Crippen LogP contribution in [0.2, 0.25) is 0 Å². The highest BCUT2D eigenvalue weighted by Crippen LogP contribution is 2.25. The van der Waals surface area contributed by atoms with Crippen molar-refractivity contribution in [1.29, 1.82) is 0 Å². The van der Waals surface area contributed by atoms with Crippen molar-refractivity contribution in [2.45, 2.75) is 31.8 Å². The summed E-state index contributed by atoms with van der Waals surface area (Å²) >= 11 is 0. The first-order chi connectivity index (χ1) is 9.72. The lowest BCUT2D eigenvalue weighted by Gasteiger charge is -2.16. The normalized spacial score (nSPS) is 18.1. The minimum atomic E-state index is -0.175. The zero-order valence-electron chi connectivity index (χ0n) is 11.4. The second-order valence-electron chi connectivity index (χ2n) is 5.25. The number of para-hydroxylation sites is 1. The SMILES string of the molecule is CC(Cc1ccco1)NC(=O)[C@@H]1Cc2ccccc2N1. The molecule has 104 valence electrons. The second kappa shape index (κ2) is 5.41. The van der Waals surface area contributed by atoms with Gasteiger partial charge >= 0.3 is 0 Å². The third-order valence-corrected chi connectivity index (χ3v) is 3.56. The number of rotatable bonds is 4. The number of fused-ring (bicyclic) bond motifs is 1. The molecule has 20 heavy (non-hydrogen) atoms. The Morgan fingerprint density at radius 2 is 2.25 bits per heavy atom. The van der Waals surface area contributed by atoms with Gasteiger partial charge in [-0.1, -0.05) is 18.2 Å². The maximum Gasteiger partial charge on any atom is 0.243 e. The van der Waals surface area contributed by atoms with Crippen LogP contribution in [0.1, 0.15) is 18.2 Å².